The number of nitrogens with one attached hydrogen (secondary N) is 2. The van der Waals surface area contributed by atoms with Crippen molar-refractivity contribution in [2.45, 2.75) is 26.0 Å². The van der Waals surface area contributed by atoms with Crippen LogP contribution in [-0.2, 0) is 4.79 Å². The highest BCUT2D eigenvalue weighted by molar-refractivity contribution is 5.93. The van der Waals surface area contributed by atoms with E-state index in [1.54, 1.807) is 19.1 Å². The van der Waals surface area contributed by atoms with Gasteiger partial charge in [-0.3, -0.25) is 0 Å². The first-order valence-electron chi connectivity index (χ1n) is 5.85. The van der Waals surface area contributed by atoms with E-state index in [0.29, 0.717) is 11.1 Å². The van der Waals surface area contributed by atoms with Gasteiger partial charge in [-0.2, -0.15) is 5.26 Å². The predicted octanol–water partition coefficient (Wildman–Crippen LogP) is 0.822. The van der Waals surface area contributed by atoms with Gasteiger partial charge in [0, 0.05) is 0 Å². The smallest absolute Gasteiger partial charge is 0.328 e. The summed E-state index contributed by atoms with van der Waals surface area (Å²) in [7, 11) is 0. The summed E-state index contributed by atoms with van der Waals surface area (Å²) < 4.78 is 0. The van der Waals surface area contributed by atoms with Crippen molar-refractivity contribution in [3.8, 4) is 6.07 Å². The number of benzene rings is 1. The molecule has 7 heteroatoms. The monoisotopic (exact) mass is 277 g/mol. The van der Waals surface area contributed by atoms with Crippen LogP contribution in [-0.4, -0.2) is 34.4 Å². The zero-order valence-corrected chi connectivity index (χ0v) is 11.0. The molecule has 1 aromatic rings. The first-order chi connectivity index (χ1) is 9.36. The fourth-order valence-corrected chi connectivity index (χ4v) is 1.61. The minimum Gasteiger partial charge on any atom is -0.480 e. The zero-order valence-electron chi connectivity index (χ0n) is 11.0. The Balaban J connectivity index is 2.85. The van der Waals surface area contributed by atoms with Gasteiger partial charge in [-0.05, 0) is 25.5 Å². The van der Waals surface area contributed by atoms with E-state index >= 15 is 0 Å². The standard InChI is InChI=1S/C13H15N3O4/c1-7-4-3-5-10(9(7)6-14)15-13(20)16-11(8(2)17)12(18)19/h3-5,8,11,17H,1-2H3,(H,18,19)(H2,15,16,20)/t8-,11+/m1/s1. The number of nitriles is 1. The number of carbonyl (C=O) groups excluding carboxylic acids is 1. The molecule has 0 aliphatic rings. The Kier molecular flexibility index (Phi) is 5.06. The summed E-state index contributed by atoms with van der Waals surface area (Å²) >= 11 is 0. The predicted molar refractivity (Wildman–Crippen MR) is 71.2 cm³/mol. The third-order valence-electron chi connectivity index (χ3n) is 2.67. The Morgan fingerprint density at radius 2 is 2.05 bits per heavy atom. The van der Waals surface area contributed by atoms with Gasteiger partial charge in [-0.25, -0.2) is 9.59 Å². The van der Waals surface area contributed by atoms with Gasteiger partial charge in [-0.1, -0.05) is 12.1 Å². The van der Waals surface area contributed by atoms with E-state index in [2.05, 4.69) is 10.6 Å². The van der Waals surface area contributed by atoms with E-state index in [1.165, 1.54) is 13.0 Å². The lowest BCUT2D eigenvalue weighted by atomic mass is 10.1. The van der Waals surface area contributed by atoms with Crippen molar-refractivity contribution in [2.24, 2.45) is 0 Å². The average Bonchev–Trinajstić information content (AvgIpc) is 2.35. The molecule has 4 N–H and O–H groups in total. The summed E-state index contributed by atoms with van der Waals surface area (Å²) in [6.07, 6.45) is -1.24. The Morgan fingerprint density at radius 3 is 2.55 bits per heavy atom. The third kappa shape index (κ3) is 3.70. The van der Waals surface area contributed by atoms with Gasteiger partial charge in [0.15, 0.2) is 6.04 Å². The van der Waals surface area contributed by atoms with E-state index in [9.17, 15) is 14.7 Å². The number of urea groups is 1. The molecule has 0 aliphatic carbocycles. The molecule has 0 aliphatic heterocycles. The normalized spacial score (nSPS) is 12.9. The number of carbonyl (C=O) groups is 2. The maximum absolute atomic E-state index is 11.7. The van der Waals surface area contributed by atoms with E-state index < -0.39 is 24.1 Å². The van der Waals surface area contributed by atoms with Gasteiger partial charge in [-0.15, -0.1) is 0 Å². The first kappa shape index (κ1) is 15.5. The molecule has 2 atom stereocenters. The van der Waals surface area contributed by atoms with E-state index in [0.717, 1.165) is 0 Å². The summed E-state index contributed by atoms with van der Waals surface area (Å²) in [5, 5.41) is 31.7. The van der Waals surface area contributed by atoms with Gasteiger partial charge in [0.05, 0.1) is 17.4 Å². The number of aliphatic hydroxyl groups is 1. The molecule has 20 heavy (non-hydrogen) atoms. The highest BCUT2D eigenvalue weighted by Gasteiger charge is 2.25. The van der Waals surface area contributed by atoms with Crippen molar-refractivity contribution < 1.29 is 19.8 Å². The molecule has 0 saturated carbocycles. The van der Waals surface area contributed by atoms with Crippen LogP contribution in [0.4, 0.5) is 10.5 Å². The Morgan fingerprint density at radius 1 is 1.40 bits per heavy atom. The second kappa shape index (κ2) is 6.54. The van der Waals surface area contributed by atoms with Crippen LogP contribution in [0.2, 0.25) is 0 Å². The number of amides is 2. The van der Waals surface area contributed by atoms with Crippen LogP contribution in [0, 0.1) is 18.3 Å². The number of nitrogens with zero attached hydrogens (tertiary/aromatic N) is 1. The summed E-state index contributed by atoms with van der Waals surface area (Å²) in [5.41, 5.74) is 1.27. The Bertz CT molecular complexity index is 563. The lowest BCUT2D eigenvalue weighted by Crippen LogP contribution is -2.49. The molecule has 0 bridgehead atoms. The van der Waals surface area contributed by atoms with Crippen LogP contribution in [0.3, 0.4) is 0 Å². The Hall–Kier alpha value is -2.59. The number of hydrogen-bond acceptors (Lipinski definition) is 4. The quantitative estimate of drug-likeness (QED) is 0.649. The third-order valence-corrected chi connectivity index (χ3v) is 2.67. The average molecular weight is 277 g/mol. The second-order valence-electron chi connectivity index (χ2n) is 4.26. The van der Waals surface area contributed by atoms with Crippen molar-refractivity contribution in [1.29, 1.82) is 5.26 Å². The lowest BCUT2D eigenvalue weighted by Gasteiger charge is -2.18. The number of aryl methyl sites for hydroxylation is 1. The number of aliphatic carboxylic acids is 1. The number of aliphatic hydroxyl groups excluding tert-OH is 1. The van der Waals surface area contributed by atoms with Crippen molar-refractivity contribution in [1.82, 2.24) is 5.32 Å². The lowest BCUT2D eigenvalue weighted by molar-refractivity contribution is -0.141. The van der Waals surface area contributed by atoms with Gasteiger partial charge in [0.1, 0.15) is 6.07 Å². The SMILES string of the molecule is Cc1cccc(NC(=O)N[C@H](C(=O)O)[C@@H](C)O)c1C#N. The van der Waals surface area contributed by atoms with E-state index in [1.807, 2.05) is 6.07 Å². The molecular formula is C13H15N3O4. The highest BCUT2D eigenvalue weighted by atomic mass is 16.4. The maximum Gasteiger partial charge on any atom is 0.328 e. The zero-order chi connectivity index (χ0) is 15.3. The number of hydrogen-bond donors (Lipinski definition) is 4. The number of carboxylic acid groups (broad SMARTS) is 1. The molecule has 0 saturated heterocycles. The van der Waals surface area contributed by atoms with E-state index in [4.69, 9.17) is 10.4 Å². The molecule has 2 amide bonds. The number of anilines is 1. The summed E-state index contributed by atoms with van der Waals surface area (Å²) in [6, 6.07) is 4.64. The van der Waals surface area contributed by atoms with Gasteiger partial charge >= 0.3 is 12.0 Å². The van der Waals surface area contributed by atoms with Crippen LogP contribution in [0.1, 0.15) is 18.1 Å². The molecule has 0 spiro atoms. The fraction of sp³-hybridized carbons (Fsp3) is 0.308. The molecule has 0 unspecified atom stereocenters. The first-order valence-corrected chi connectivity index (χ1v) is 5.85. The van der Waals surface area contributed by atoms with Crippen molar-refractivity contribution >= 4 is 17.7 Å². The van der Waals surface area contributed by atoms with Crippen LogP contribution < -0.4 is 10.6 Å². The van der Waals surface area contributed by atoms with E-state index in [-0.39, 0.29) is 5.69 Å². The van der Waals surface area contributed by atoms with Gasteiger partial charge in [0.25, 0.3) is 0 Å². The van der Waals surface area contributed by atoms with Crippen molar-refractivity contribution in [2.75, 3.05) is 5.32 Å². The minimum absolute atomic E-state index is 0.278. The summed E-state index contributed by atoms with van der Waals surface area (Å²) in [6.45, 7) is 2.98. The number of rotatable bonds is 4. The summed E-state index contributed by atoms with van der Waals surface area (Å²) in [4.78, 5) is 22.6. The highest BCUT2D eigenvalue weighted by Crippen LogP contribution is 2.18. The molecule has 1 rings (SSSR count). The fourth-order valence-electron chi connectivity index (χ4n) is 1.61. The largest absolute Gasteiger partial charge is 0.480 e. The topological polar surface area (TPSA) is 122 Å². The molecule has 0 fully saturated rings. The molecule has 0 heterocycles. The molecule has 0 aromatic heterocycles. The van der Waals surface area contributed by atoms with Crippen LogP contribution >= 0.6 is 0 Å². The molecular weight excluding hydrogens is 262 g/mol. The van der Waals surface area contributed by atoms with Crippen LogP contribution in [0.5, 0.6) is 0 Å². The summed E-state index contributed by atoms with van der Waals surface area (Å²) in [5.74, 6) is -1.35. The number of carboxylic acids is 1. The van der Waals surface area contributed by atoms with Crippen LogP contribution in [0.25, 0.3) is 0 Å². The minimum atomic E-state index is -1.43. The van der Waals surface area contributed by atoms with Crippen LogP contribution in [0.15, 0.2) is 18.2 Å². The van der Waals surface area contributed by atoms with Gasteiger partial charge < -0.3 is 20.8 Å². The van der Waals surface area contributed by atoms with Crippen molar-refractivity contribution in [3.05, 3.63) is 29.3 Å². The second-order valence-corrected chi connectivity index (χ2v) is 4.26. The molecule has 0 radical (unpaired) electrons. The Labute approximate surface area is 115 Å². The molecule has 106 valence electrons. The molecule has 1 aromatic carbocycles. The van der Waals surface area contributed by atoms with Crippen molar-refractivity contribution in [3.63, 3.8) is 0 Å². The van der Waals surface area contributed by atoms with Gasteiger partial charge in [0.2, 0.25) is 0 Å². The molecule has 7 nitrogen and oxygen atoms in total. The maximum atomic E-state index is 11.7.